The van der Waals surface area contributed by atoms with Crippen LogP contribution >= 0.6 is 0 Å². The molecule has 0 aromatic heterocycles. The average molecular weight is 231 g/mol. The van der Waals surface area contributed by atoms with E-state index in [2.05, 4.69) is 5.32 Å². The van der Waals surface area contributed by atoms with Crippen molar-refractivity contribution >= 4 is 0 Å². The summed E-state index contributed by atoms with van der Waals surface area (Å²) in [6, 6.07) is 3.43. The molecule has 0 saturated heterocycles. The smallest absolute Gasteiger partial charge is 0.162 e. The lowest BCUT2D eigenvalue weighted by atomic mass is 10.3. The van der Waals surface area contributed by atoms with E-state index in [0.29, 0.717) is 13.2 Å². The topological polar surface area (TPSA) is 41.5 Å². The Morgan fingerprint density at radius 3 is 2.75 bits per heavy atom. The standard InChI is InChI=1S/C11H15F2NO2/c1-8(14-4-5-15)7-16-9-2-3-10(12)11(13)6-9/h2-3,6,8,14-15H,4-5,7H2,1H3. The molecule has 0 aliphatic heterocycles. The first-order chi connectivity index (χ1) is 7.63. The number of ether oxygens (including phenoxy) is 1. The molecule has 5 heteroatoms. The monoisotopic (exact) mass is 231 g/mol. The molecule has 0 radical (unpaired) electrons. The number of aliphatic hydroxyl groups is 1. The van der Waals surface area contributed by atoms with Crippen molar-refractivity contribution in [2.24, 2.45) is 0 Å². The van der Waals surface area contributed by atoms with Crippen LogP contribution in [0.2, 0.25) is 0 Å². The van der Waals surface area contributed by atoms with Crippen LogP contribution in [-0.4, -0.2) is 30.9 Å². The summed E-state index contributed by atoms with van der Waals surface area (Å²) >= 11 is 0. The highest BCUT2D eigenvalue weighted by Crippen LogP contribution is 2.15. The normalized spacial score (nSPS) is 12.5. The Hall–Kier alpha value is -1.20. The molecule has 1 atom stereocenters. The largest absolute Gasteiger partial charge is 0.492 e. The summed E-state index contributed by atoms with van der Waals surface area (Å²) in [6.07, 6.45) is 0. The van der Waals surface area contributed by atoms with Gasteiger partial charge in [0.1, 0.15) is 12.4 Å². The van der Waals surface area contributed by atoms with Gasteiger partial charge in [0.25, 0.3) is 0 Å². The van der Waals surface area contributed by atoms with Crippen LogP contribution < -0.4 is 10.1 Å². The third kappa shape index (κ3) is 4.12. The van der Waals surface area contributed by atoms with Crippen LogP contribution in [0.5, 0.6) is 5.75 Å². The zero-order valence-corrected chi connectivity index (χ0v) is 9.04. The highest BCUT2D eigenvalue weighted by molar-refractivity contribution is 5.23. The first kappa shape index (κ1) is 12.9. The molecule has 0 bridgehead atoms. The third-order valence-corrected chi connectivity index (χ3v) is 2.00. The number of hydrogen-bond donors (Lipinski definition) is 2. The fourth-order valence-corrected chi connectivity index (χ4v) is 1.16. The van der Waals surface area contributed by atoms with Crippen LogP contribution in [0.1, 0.15) is 6.92 Å². The molecule has 0 saturated carbocycles. The first-order valence-corrected chi connectivity index (χ1v) is 5.05. The summed E-state index contributed by atoms with van der Waals surface area (Å²) in [4.78, 5) is 0. The summed E-state index contributed by atoms with van der Waals surface area (Å²) in [6.45, 7) is 2.72. The minimum Gasteiger partial charge on any atom is -0.492 e. The van der Waals surface area contributed by atoms with Crippen LogP contribution in [0.4, 0.5) is 8.78 Å². The zero-order chi connectivity index (χ0) is 12.0. The van der Waals surface area contributed by atoms with E-state index in [4.69, 9.17) is 9.84 Å². The molecule has 0 fully saturated rings. The van der Waals surface area contributed by atoms with Gasteiger partial charge in [-0.15, -0.1) is 0 Å². The van der Waals surface area contributed by atoms with Crippen molar-refractivity contribution in [1.29, 1.82) is 0 Å². The van der Waals surface area contributed by atoms with Gasteiger partial charge < -0.3 is 15.2 Å². The van der Waals surface area contributed by atoms with Gasteiger partial charge in [0.2, 0.25) is 0 Å². The quantitative estimate of drug-likeness (QED) is 0.775. The second kappa shape index (κ2) is 6.40. The molecule has 1 aromatic rings. The third-order valence-electron chi connectivity index (χ3n) is 2.00. The second-order valence-electron chi connectivity index (χ2n) is 3.47. The van der Waals surface area contributed by atoms with E-state index in [1.54, 1.807) is 0 Å². The van der Waals surface area contributed by atoms with E-state index in [1.165, 1.54) is 6.07 Å². The molecular weight excluding hydrogens is 216 g/mol. The van der Waals surface area contributed by atoms with Crippen molar-refractivity contribution in [3.8, 4) is 5.75 Å². The van der Waals surface area contributed by atoms with Gasteiger partial charge in [-0.2, -0.15) is 0 Å². The van der Waals surface area contributed by atoms with E-state index >= 15 is 0 Å². The van der Waals surface area contributed by atoms with Gasteiger partial charge in [0.15, 0.2) is 11.6 Å². The van der Waals surface area contributed by atoms with Crippen molar-refractivity contribution in [3.63, 3.8) is 0 Å². The first-order valence-electron chi connectivity index (χ1n) is 5.05. The molecule has 0 amide bonds. The molecule has 0 aliphatic rings. The summed E-state index contributed by atoms with van der Waals surface area (Å²) in [5.41, 5.74) is 0. The minimum absolute atomic E-state index is 0.0280. The Kier molecular flexibility index (Phi) is 5.14. The fraction of sp³-hybridized carbons (Fsp3) is 0.455. The molecule has 0 heterocycles. The number of benzene rings is 1. The lowest BCUT2D eigenvalue weighted by Gasteiger charge is -2.14. The van der Waals surface area contributed by atoms with E-state index < -0.39 is 11.6 Å². The van der Waals surface area contributed by atoms with Crippen LogP contribution in [0, 0.1) is 11.6 Å². The summed E-state index contributed by atoms with van der Waals surface area (Å²) in [7, 11) is 0. The molecule has 3 nitrogen and oxygen atoms in total. The number of aliphatic hydroxyl groups excluding tert-OH is 1. The van der Waals surface area contributed by atoms with Gasteiger partial charge in [0, 0.05) is 18.7 Å². The molecular formula is C11H15F2NO2. The van der Waals surface area contributed by atoms with Crippen LogP contribution in [-0.2, 0) is 0 Å². The maximum atomic E-state index is 12.8. The van der Waals surface area contributed by atoms with Gasteiger partial charge in [-0.1, -0.05) is 0 Å². The highest BCUT2D eigenvalue weighted by Gasteiger charge is 2.05. The van der Waals surface area contributed by atoms with E-state index in [-0.39, 0.29) is 18.4 Å². The molecule has 1 rings (SSSR count). The molecule has 2 N–H and O–H groups in total. The maximum Gasteiger partial charge on any atom is 0.162 e. The molecule has 1 unspecified atom stereocenters. The van der Waals surface area contributed by atoms with Gasteiger partial charge in [-0.25, -0.2) is 8.78 Å². The molecule has 0 spiro atoms. The van der Waals surface area contributed by atoms with E-state index in [1.807, 2.05) is 6.92 Å². The Morgan fingerprint density at radius 1 is 1.38 bits per heavy atom. The Labute approximate surface area is 93.0 Å². The number of nitrogens with one attached hydrogen (secondary N) is 1. The number of rotatable bonds is 6. The van der Waals surface area contributed by atoms with Gasteiger partial charge >= 0.3 is 0 Å². The van der Waals surface area contributed by atoms with Crippen molar-refractivity contribution in [2.45, 2.75) is 13.0 Å². The number of halogens is 2. The summed E-state index contributed by atoms with van der Waals surface area (Å²) in [5, 5.41) is 11.6. The summed E-state index contributed by atoms with van der Waals surface area (Å²) < 4.78 is 30.6. The zero-order valence-electron chi connectivity index (χ0n) is 9.04. The molecule has 16 heavy (non-hydrogen) atoms. The lowest BCUT2D eigenvalue weighted by Crippen LogP contribution is -2.33. The highest BCUT2D eigenvalue weighted by atomic mass is 19.2. The Balaban J connectivity index is 2.39. The van der Waals surface area contributed by atoms with Crippen LogP contribution in [0.3, 0.4) is 0 Å². The second-order valence-corrected chi connectivity index (χ2v) is 3.47. The Bertz CT molecular complexity index is 334. The average Bonchev–Trinajstić information content (AvgIpc) is 2.28. The molecule has 1 aromatic carbocycles. The van der Waals surface area contributed by atoms with Crippen molar-refractivity contribution in [2.75, 3.05) is 19.8 Å². The lowest BCUT2D eigenvalue weighted by molar-refractivity contribution is 0.247. The fourth-order valence-electron chi connectivity index (χ4n) is 1.16. The van der Waals surface area contributed by atoms with Crippen molar-refractivity contribution < 1.29 is 18.6 Å². The van der Waals surface area contributed by atoms with Crippen LogP contribution in [0.15, 0.2) is 18.2 Å². The minimum atomic E-state index is -0.923. The van der Waals surface area contributed by atoms with Crippen LogP contribution in [0.25, 0.3) is 0 Å². The molecule has 90 valence electrons. The molecule has 0 aliphatic carbocycles. The predicted molar refractivity (Wildman–Crippen MR) is 56.4 cm³/mol. The van der Waals surface area contributed by atoms with Gasteiger partial charge in [-0.05, 0) is 19.1 Å². The Morgan fingerprint density at radius 2 is 2.12 bits per heavy atom. The van der Waals surface area contributed by atoms with Crippen molar-refractivity contribution in [1.82, 2.24) is 5.32 Å². The van der Waals surface area contributed by atoms with E-state index in [9.17, 15) is 8.78 Å². The predicted octanol–water partition coefficient (Wildman–Crippen LogP) is 1.31. The van der Waals surface area contributed by atoms with E-state index in [0.717, 1.165) is 12.1 Å². The van der Waals surface area contributed by atoms with Gasteiger partial charge in [-0.3, -0.25) is 0 Å². The SMILES string of the molecule is CC(COc1ccc(F)c(F)c1)NCCO. The van der Waals surface area contributed by atoms with Gasteiger partial charge in [0.05, 0.1) is 6.61 Å². The maximum absolute atomic E-state index is 12.8. The van der Waals surface area contributed by atoms with Crippen molar-refractivity contribution in [3.05, 3.63) is 29.8 Å². The number of hydrogen-bond acceptors (Lipinski definition) is 3. The summed E-state index contributed by atoms with van der Waals surface area (Å²) in [5.74, 6) is -1.52.